The standard InChI is InChI=1S/C11H13NO2S2/c1-8-4-5-9(2)12(8)16(13,14)11-7-6-10(3)15-11/h4-7H,1-3H3. The molecule has 0 aliphatic rings. The van der Waals surface area contributed by atoms with Gasteiger partial charge in [-0.25, -0.2) is 3.97 Å². The molecular weight excluding hydrogens is 242 g/mol. The van der Waals surface area contributed by atoms with E-state index in [4.69, 9.17) is 0 Å². The van der Waals surface area contributed by atoms with Crippen molar-refractivity contribution in [3.63, 3.8) is 0 Å². The third-order valence-corrected chi connectivity index (χ3v) is 5.80. The Balaban J connectivity index is 2.64. The van der Waals surface area contributed by atoms with E-state index >= 15 is 0 Å². The van der Waals surface area contributed by atoms with Crippen molar-refractivity contribution in [3.05, 3.63) is 40.5 Å². The minimum atomic E-state index is -3.40. The van der Waals surface area contributed by atoms with Gasteiger partial charge in [-0.15, -0.1) is 11.3 Å². The van der Waals surface area contributed by atoms with Gasteiger partial charge in [-0.1, -0.05) is 0 Å². The first-order valence-corrected chi connectivity index (χ1v) is 7.15. The summed E-state index contributed by atoms with van der Waals surface area (Å²) in [4.78, 5) is 1.00. The highest BCUT2D eigenvalue weighted by molar-refractivity contribution is 7.92. The second kappa shape index (κ2) is 3.75. The third-order valence-electron chi connectivity index (χ3n) is 2.42. The van der Waals surface area contributed by atoms with Gasteiger partial charge < -0.3 is 0 Å². The topological polar surface area (TPSA) is 39.1 Å². The summed E-state index contributed by atoms with van der Waals surface area (Å²) in [6.45, 7) is 5.50. The van der Waals surface area contributed by atoms with E-state index < -0.39 is 10.0 Å². The highest BCUT2D eigenvalue weighted by Gasteiger charge is 2.21. The lowest BCUT2D eigenvalue weighted by Gasteiger charge is -2.08. The lowest BCUT2D eigenvalue weighted by molar-refractivity contribution is 0.587. The zero-order valence-corrected chi connectivity index (χ0v) is 11.0. The SMILES string of the molecule is Cc1ccc(S(=O)(=O)n2c(C)ccc2C)s1. The quantitative estimate of drug-likeness (QED) is 0.827. The molecule has 2 aromatic heterocycles. The Bertz CT molecular complexity index is 601. The Kier molecular flexibility index (Phi) is 2.67. The van der Waals surface area contributed by atoms with Gasteiger partial charge in [0.25, 0.3) is 10.0 Å². The smallest absolute Gasteiger partial charge is 0.243 e. The van der Waals surface area contributed by atoms with E-state index in [9.17, 15) is 8.42 Å². The molecule has 0 fully saturated rings. The van der Waals surface area contributed by atoms with Gasteiger partial charge in [0.05, 0.1) is 0 Å². The van der Waals surface area contributed by atoms with Crippen LogP contribution in [-0.4, -0.2) is 12.4 Å². The van der Waals surface area contributed by atoms with E-state index in [1.54, 1.807) is 19.9 Å². The summed E-state index contributed by atoms with van der Waals surface area (Å²) in [5, 5.41) is 0. The summed E-state index contributed by atoms with van der Waals surface area (Å²) < 4.78 is 26.4. The van der Waals surface area contributed by atoms with E-state index in [1.165, 1.54) is 15.3 Å². The molecule has 0 unspecified atom stereocenters. The number of aromatic nitrogens is 1. The molecule has 5 heteroatoms. The highest BCUT2D eigenvalue weighted by atomic mass is 32.2. The Morgan fingerprint density at radius 3 is 2.00 bits per heavy atom. The number of hydrogen-bond donors (Lipinski definition) is 0. The molecule has 0 bridgehead atoms. The number of nitrogens with zero attached hydrogens (tertiary/aromatic N) is 1. The molecule has 0 atom stereocenters. The molecule has 0 spiro atoms. The Morgan fingerprint density at radius 2 is 1.56 bits per heavy atom. The number of hydrogen-bond acceptors (Lipinski definition) is 3. The van der Waals surface area contributed by atoms with Crippen LogP contribution in [0.3, 0.4) is 0 Å². The zero-order valence-electron chi connectivity index (χ0n) is 9.39. The third kappa shape index (κ3) is 1.70. The number of thiophene rings is 1. The average molecular weight is 255 g/mol. The summed E-state index contributed by atoms with van der Waals surface area (Å²) in [5.74, 6) is 0. The van der Waals surface area contributed by atoms with Gasteiger partial charge in [0.2, 0.25) is 0 Å². The summed E-state index contributed by atoms with van der Waals surface area (Å²) in [7, 11) is -3.40. The fourth-order valence-electron chi connectivity index (χ4n) is 1.67. The van der Waals surface area contributed by atoms with Crippen LogP contribution in [0, 0.1) is 20.8 Å². The van der Waals surface area contributed by atoms with E-state index in [2.05, 4.69) is 0 Å². The average Bonchev–Trinajstić information content (AvgIpc) is 2.74. The maximum Gasteiger partial charge on any atom is 0.277 e. The fraction of sp³-hybridized carbons (Fsp3) is 0.273. The van der Waals surface area contributed by atoms with Crippen LogP contribution in [0.5, 0.6) is 0 Å². The van der Waals surface area contributed by atoms with Crippen LogP contribution in [0.15, 0.2) is 28.5 Å². The molecule has 0 saturated carbocycles. The van der Waals surface area contributed by atoms with Crippen molar-refractivity contribution in [1.29, 1.82) is 0 Å². The van der Waals surface area contributed by atoms with Crippen molar-refractivity contribution in [2.24, 2.45) is 0 Å². The molecule has 0 amide bonds. The molecule has 86 valence electrons. The normalized spacial score (nSPS) is 11.9. The van der Waals surface area contributed by atoms with Crippen molar-refractivity contribution in [2.45, 2.75) is 25.0 Å². The summed E-state index contributed by atoms with van der Waals surface area (Å²) in [6, 6.07) is 7.11. The zero-order chi connectivity index (χ0) is 11.9. The largest absolute Gasteiger partial charge is 0.277 e. The van der Waals surface area contributed by atoms with E-state index in [0.717, 1.165) is 16.3 Å². The number of rotatable bonds is 2. The first-order chi connectivity index (χ1) is 7.43. The predicted octanol–water partition coefficient (Wildman–Crippen LogP) is 2.71. The van der Waals surface area contributed by atoms with E-state index in [0.29, 0.717) is 4.21 Å². The van der Waals surface area contributed by atoms with Crippen LogP contribution in [0.1, 0.15) is 16.3 Å². The highest BCUT2D eigenvalue weighted by Crippen LogP contribution is 2.25. The summed E-state index contributed by atoms with van der Waals surface area (Å²) in [6.07, 6.45) is 0. The van der Waals surface area contributed by atoms with E-state index in [1.807, 2.05) is 25.1 Å². The second-order valence-corrected chi connectivity index (χ2v) is 7.05. The monoisotopic (exact) mass is 255 g/mol. The van der Waals surface area contributed by atoms with E-state index in [-0.39, 0.29) is 0 Å². The van der Waals surface area contributed by atoms with Crippen LogP contribution < -0.4 is 0 Å². The predicted molar refractivity (Wildman–Crippen MR) is 65.5 cm³/mol. The van der Waals surface area contributed by atoms with Gasteiger partial charge in [0.1, 0.15) is 4.21 Å². The summed E-state index contributed by atoms with van der Waals surface area (Å²) in [5.41, 5.74) is 1.48. The Hall–Kier alpha value is -1.07. The fourth-order valence-corrected chi connectivity index (χ4v) is 4.60. The van der Waals surface area contributed by atoms with Crippen molar-refractivity contribution in [3.8, 4) is 0 Å². The van der Waals surface area contributed by atoms with Gasteiger partial charge in [-0.05, 0) is 45.0 Å². The van der Waals surface area contributed by atoms with Gasteiger partial charge in [0, 0.05) is 16.3 Å². The maximum absolute atomic E-state index is 12.3. The minimum Gasteiger partial charge on any atom is -0.243 e. The molecule has 0 aliphatic heterocycles. The van der Waals surface area contributed by atoms with Gasteiger partial charge in [-0.2, -0.15) is 8.42 Å². The van der Waals surface area contributed by atoms with Gasteiger partial charge in [-0.3, -0.25) is 0 Å². The maximum atomic E-state index is 12.3. The second-order valence-electron chi connectivity index (χ2n) is 3.75. The Morgan fingerprint density at radius 1 is 1.00 bits per heavy atom. The lowest BCUT2D eigenvalue weighted by Crippen LogP contribution is -2.14. The molecule has 3 nitrogen and oxygen atoms in total. The van der Waals surface area contributed by atoms with Crippen molar-refractivity contribution in [1.82, 2.24) is 3.97 Å². The molecule has 0 aliphatic carbocycles. The Labute approximate surface area is 99.4 Å². The van der Waals surface area contributed by atoms with Crippen LogP contribution >= 0.6 is 11.3 Å². The van der Waals surface area contributed by atoms with Crippen molar-refractivity contribution < 1.29 is 8.42 Å². The molecule has 0 N–H and O–H groups in total. The summed E-state index contributed by atoms with van der Waals surface area (Å²) >= 11 is 1.30. The van der Waals surface area contributed by atoms with Crippen LogP contribution in [0.25, 0.3) is 0 Å². The number of aryl methyl sites for hydroxylation is 3. The van der Waals surface area contributed by atoms with Gasteiger partial charge in [0.15, 0.2) is 0 Å². The van der Waals surface area contributed by atoms with Crippen molar-refractivity contribution >= 4 is 21.4 Å². The molecule has 16 heavy (non-hydrogen) atoms. The van der Waals surface area contributed by atoms with Crippen LogP contribution in [-0.2, 0) is 10.0 Å². The minimum absolute atomic E-state index is 0.396. The lowest BCUT2D eigenvalue weighted by atomic mass is 10.5. The van der Waals surface area contributed by atoms with Crippen LogP contribution in [0.4, 0.5) is 0 Å². The first kappa shape index (κ1) is 11.4. The molecule has 0 saturated heterocycles. The van der Waals surface area contributed by atoms with Crippen molar-refractivity contribution in [2.75, 3.05) is 0 Å². The molecule has 0 aromatic carbocycles. The molecule has 0 radical (unpaired) electrons. The van der Waals surface area contributed by atoms with Gasteiger partial charge >= 0.3 is 0 Å². The first-order valence-electron chi connectivity index (χ1n) is 4.90. The molecular formula is C11H13NO2S2. The molecule has 2 heterocycles. The van der Waals surface area contributed by atoms with Crippen LogP contribution in [0.2, 0.25) is 0 Å². The molecule has 2 rings (SSSR count). The molecule has 2 aromatic rings.